The van der Waals surface area contributed by atoms with Gasteiger partial charge in [0.25, 0.3) is 0 Å². The minimum Gasteiger partial charge on any atom is -0.460 e. The number of nitrogens with two attached hydrogens (primary N) is 1. The third kappa shape index (κ3) is 3.97. The number of primary amides is 1. The number of β-lactam (4-membered cyclic amide) rings is 1. The van der Waals surface area contributed by atoms with Gasteiger partial charge in [-0.05, 0) is 12.5 Å². The van der Waals surface area contributed by atoms with Crippen molar-refractivity contribution in [3.05, 3.63) is 48.6 Å². The number of hydrogen-bond acceptors (Lipinski definition) is 5. The number of esters is 1. The van der Waals surface area contributed by atoms with Crippen molar-refractivity contribution in [3.63, 3.8) is 0 Å². The van der Waals surface area contributed by atoms with Crippen molar-refractivity contribution in [2.24, 2.45) is 5.73 Å². The van der Waals surface area contributed by atoms with Crippen molar-refractivity contribution in [2.45, 2.75) is 30.0 Å². The van der Waals surface area contributed by atoms with E-state index >= 15 is 0 Å². The second-order valence-corrected chi connectivity index (χ2v) is 6.67. The summed E-state index contributed by atoms with van der Waals surface area (Å²) in [5.41, 5.74) is 6.07. The summed E-state index contributed by atoms with van der Waals surface area (Å²) in [4.78, 5) is 37.0. The molecule has 2 N–H and O–H groups in total. The predicted octanol–water partition coefficient (Wildman–Crippen LogP) is 1.62. The molecule has 7 heteroatoms. The zero-order valence-electron chi connectivity index (χ0n) is 13.4. The summed E-state index contributed by atoms with van der Waals surface area (Å²) >= 11 is 1.29. The first-order valence-corrected chi connectivity index (χ1v) is 8.48. The van der Waals surface area contributed by atoms with Crippen molar-refractivity contribution in [2.75, 3.05) is 6.61 Å². The number of carbonyl (C=O) groups excluding carboxylic acids is 3. The Labute approximate surface area is 145 Å². The van der Waals surface area contributed by atoms with Crippen LogP contribution in [0.4, 0.5) is 0 Å². The van der Waals surface area contributed by atoms with Crippen LogP contribution in [0.5, 0.6) is 0 Å². The quantitative estimate of drug-likeness (QED) is 0.438. The van der Waals surface area contributed by atoms with Gasteiger partial charge < -0.3 is 15.4 Å². The first-order valence-electron chi connectivity index (χ1n) is 7.54. The normalized spacial score (nSPS) is 19.1. The fourth-order valence-corrected chi connectivity index (χ4v) is 3.87. The molecule has 0 saturated carbocycles. The fourth-order valence-electron chi connectivity index (χ4n) is 2.39. The molecule has 1 heterocycles. The Hall–Kier alpha value is -2.28. The number of likely N-dealkylation sites (tertiary alicyclic amines) is 1. The van der Waals surface area contributed by atoms with Crippen LogP contribution >= 0.6 is 11.8 Å². The van der Waals surface area contributed by atoms with E-state index in [1.807, 2.05) is 30.3 Å². The second kappa shape index (κ2) is 8.01. The Morgan fingerprint density at radius 1 is 1.46 bits per heavy atom. The largest absolute Gasteiger partial charge is 0.460 e. The maximum Gasteiger partial charge on any atom is 0.323 e. The Bertz CT molecular complexity index is 635. The summed E-state index contributed by atoms with van der Waals surface area (Å²) in [6.45, 7) is 5.23. The highest BCUT2D eigenvalue weighted by atomic mass is 32.2. The highest BCUT2D eigenvalue weighted by Gasteiger charge is 2.44. The summed E-state index contributed by atoms with van der Waals surface area (Å²) in [6.07, 6.45) is 1.76. The molecular weight excluding hydrogens is 328 g/mol. The molecule has 24 heavy (non-hydrogen) atoms. The lowest BCUT2D eigenvalue weighted by atomic mass is 10.1. The van der Waals surface area contributed by atoms with E-state index in [1.54, 1.807) is 6.92 Å². The standard InChI is InChI=1S/C17H20N2O4S/c1-3-9-23-17(22)15(12-7-5-4-6-8-12)24-14-10-13(20)19(14)11(2)16(18)21/h3-8,11,14-15H,1,9-10H2,2H3,(H2,18,21). The van der Waals surface area contributed by atoms with Crippen molar-refractivity contribution < 1.29 is 19.1 Å². The van der Waals surface area contributed by atoms with Gasteiger partial charge in [-0.2, -0.15) is 0 Å². The van der Waals surface area contributed by atoms with Crippen molar-refractivity contribution in [1.82, 2.24) is 4.90 Å². The summed E-state index contributed by atoms with van der Waals surface area (Å²) in [5.74, 6) is -1.12. The topological polar surface area (TPSA) is 89.7 Å². The van der Waals surface area contributed by atoms with Crippen LogP contribution in [0.25, 0.3) is 0 Å². The number of nitrogens with zero attached hydrogens (tertiary/aromatic N) is 1. The molecule has 1 saturated heterocycles. The molecule has 1 fully saturated rings. The molecule has 0 spiro atoms. The maximum atomic E-state index is 12.4. The molecule has 0 radical (unpaired) electrons. The Kier molecular flexibility index (Phi) is 6.03. The van der Waals surface area contributed by atoms with E-state index in [-0.39, 0.29) is 24.3 Å². The molecule has 1 aliphatic heterocycles. The fraction of sp³-hybridized carbons (Fsp3) is 0.353. The van der Waals surface area contributed by atoms with Crippen LogP contribution in [0.3, 0.4) is 0 Å². The molecule has 1 aliphatic rings. The van der Waals surface area contributed by atoms with E-state index < -0.39 is 23.2 Å². The van der Waals surface area contributed by atoms with Crippen LogP contribution in [0, 0.1) is 0 Å². The van der Waals surface area contributed by atoms with Gasteiger partial charge in [-0.25, -0.2) is 0 Å². The predicted molar refractivity (Wildman–Crippen MR) is 91.8 cm³/mol. The lowest BCUT2D eigenvalue weighted by molar-refractivity contribution is -0.149. The number of amides is 2. The van der Waals surface area contributed by atoms with Gasteiger partial charge in [-0.1, -0.05) is 43.0 Å². The molecule has 1 aromatic rings. The van der Waals surface area contributed by atoms with E-state index in [9.17, 15) is 14.4 Å². The minimum atomic E-state index is -0.704. The summed E-state index contributed by atoms with van der Waals surface area (Å²) < 4.78 is 5.17. The number of hydrogen-bond donors (Lipinski definition) is 1. The number of ether oxygens (including phenoxy) is 1. The van der Waals surface area contributed by atoms with E-state index in [0.29, 0.717) is 0 Å². The smallest absolute Gasteiger partial charge is 0.323 e. The third-order valence-corrected chi connectivity index (χ3v) is 5.17. The van der Waals surface area contributed by atoms with Crippen molar-refractivity contribution in [1.29, 1.82) is 0 Å². The van der Waals surface area contributed by atoms with Gasteiger partial charge in [0.1, 0.15) is 17.9 Å². The van der Waals surface area contributed by atoms with Crippen LogP contribution in [-0.4, -0.2) is 40.7 Å². The van der Waals surface area contributed by atoms with Gasteiger partial charge in [0, 0.05) is 0 Å². The van der Waals surface area contributed by atoms with E-state index in [2.05, 4.69) is 6.58 Å². The number of rotatable bonds is 8. The van der Waals surface area contributed by atoms with Crippen molar-refractivity contribution in [3.8, 4) is 0 Å². The van der Waals surface area contributed by atoms with Crippen LogP contribution in [0.1, 0.15) is 24.2 Å². The second-order valence-electron chi connectivity index (χ2n) is 5.38. The van der Waals surface area contributed by atoms with E-state index in [1.165, 1.54) is 22.7 Å². The van der Waals surface area contributed by atoms with Crippen LogP contribution in [-0.2, 0) is 19.1 Å². The first kappa shape index (κ1) is 18.1. The molecule has 0 aliphatic carbocycles. The third-order valence-electron chi connectivity index (χ3n) is 3.73. The Morgan fingerprint density at radius 3 is 2.67 bits per heavy atom. The SMILES string of the molecule is C=CCOC(=O)C(SC1CC(=O)N1C(C)C(N)=O)c1ccccc1. The molecule has 6 nitrogen and oxygen atoms in total. The molecule has 3 atom stereocenters. The highest BCUT2D eigenvalue weighted by Crippen LogP contribution is 2.41. The molecular formula is C17H20N2O4S. The first-order chi connectivity index (χ1) is 11.5. The molecule has 0 bridgehead atoms. The maximum absolute atomic E-state index is 12.4. The molecule has 128 valence electrons. The molecule has 3 unspecified atom stereocenters. The number of carbonyl (C=O) groups is 3. The summed E-state index contributed by atoms with van der Waals surface area (Å²) in [5, 5.41) is -0.881. The van der Waals surface area contributed by atoms with E-state index in [0.717, 1.165) is 5.56 Å². The zero-order chi connectivity index (χ0) is 17.7. The lowest BCUT2D eigenvalue weighted by Crippen LogP contribution is -2.59. The Morgan fingerprint density at radius 2 is 2.12 bits per heavy atom. The lowest BCUT2D eigenvalue weighted by Gasteiger charge is -2.43. The minimum absolute atomic E-state index is 0.119. The molecule has 0 aromatic heterocycles. The Balaban J connectivity index is 2.16. The van der Waals surface area contributed by atoms with Crippen molar-refractivity contribution >= 4 is 29.5 Å². The molecule has 2 amide bonds. The van der Waals surface area contributed by atoms with Gasteiger partial charge in [0.2, 0.25) is 11.8 Å². The number of benzene rings is 1. The zero-order valence-corrected chi connectivity index (χ0v) is 14.2. The monoisotopic (exact) mass is 348 g/mol. The van der Waals surface area contributed by atoms with Crippen LogP contribution in [0.15, 0.2) is 43.0 Å². The van der Waals surface area contributed by atoms with Gasteiger partial charge in [-0.3, -0.25) is 14.4 Å². The molecule has 1 aromatic carbocycles. The summed E-state index contributed by atoms with van der Waals surface area (Å²) in [7, 11) is 0. The van der Waals surface area contributed by atoms with E-state index in [4.69, 9.17) is 10.5 Å². The van der Waals surface area contributed by atoms with Gasteiger partial charge in [0.15, 0.2) is 0 Å². The van der Waals surface area contributed by atoms with Crippen LogP contribution < -0.4 is 5.73 Å². The van der Waals surface area contributed by atoms with Gasteiger partial charge >= 0.3 is 5.97 Å². The van der Waals surface area contributed by atoms with Gasteiger partial charge in [0.05, 0.1) is 11.8 Å². The average molecular weight is 348 g/mol. The number of thioether (sulfide) groups is 1. The summed E-state index contributed by atoms with van der Waals surface area (Å²) in [6, 6.07) is 8.47. The highest BCUT2D eigenvalue weighted by molar-refractivity contribution is 8.00. The van der Waals surface area contributed by atoms with Gasteiger partial charge in [-0.15, -0.1) is 11.8 Å². The molecule has 2 rings (SSSR count). The average Bonchev–Trinajstić information content (AvgIpc) is 2.56. The van der Waals surface area contributed by atoms with Crippen LogP contribution in [0.2, 0.25) is 0 Å².